The van der Waals surface area contributed by atoms with Crippen LogP contribution >= 0.6 is 0 Å². The number of nitriles is 2. The summed E-state index contributed by atoms with van der Waals surface area (Å²) in [6.07, 6.45) is 0. The van der Waals surface area contributed by atoms with Gasteiger partial charge in [-0.1, -0.05) is 29.4 Å². The van der Waals surface area contributed by atoms with E-state index >= 15 is 0 Å². The summed E-state index contributed by atoms with van der Waals surface area (Å²) in [5.74, 6) is -0.185. The summed E-state index contributed by atoms with van der Waals surface area (Å²) in [4.78, 5) is 13.1. The third-order valence-electron chi connectivity index (χ3n) is 3.90. The van der Waals surface area contributed by atoms with E-state index in [1.54, 1.807) is 60.7 Å². The first-order chi connectivity index (χ1) is 15.4. The summed E-state index contributed by atoms with van der Waals surface area (Å²) in [5.41, 5.74) is 15.2. The lowest BCUT2D eigenvalue weighted by atomic mass is 10.2. The first kappa shape index (κ1) is 23.3. The van der Waals surface area contributed by atoms with Gasteiger partial charge >= 0.3 is 5.76 Å². The number of benzene rings is 3. The van der Waals surface area contributed by atoms with E-state index in [4.69, 9.17) is 22.0 Å². The van der Waals surface area contributed by atoms with Crippen LogP contribution in [0.4, 0.5) is 17.1 Å². The summed E-state index contributed by atoms with van der Waals surface area (Å²) < 4.78 is 4.36. The minimum Gasteiger partial charge on any atom is -0.399 e. The molecule has 0 aliphatic heterocycles. The number of hydrogen-bond acceptors (Lipinski definition) is 8. The Morgan fingerprint density at radius 3 is 2.00 bits per heavy atom. The fourth-order valence-electron chi connectivity index (χ4n) is 2.39. The summed E-state index contributed by atoms with van der Waals surface area (Å²) in [6.45, 7) is 0. The molecule has 0 spiro atoms. The van der Waals surface area contributed by atoms with Crippen LogP contribution < -0.4 is 22.5 Å². The SMILES string of the molecule is CNc1cccc(C#N)c1.N#Cc1cccc(N)c1.Nc1cccc(-c2noc(=O)[nH]2)c1. The molecular weight excluding hydrogens is 406 g/mol. The summed E-state index contributed by atoms with van der Waals surface area (Å²) in [5, 5.41) is 23.3. The maximum Gasteiger partial charge on any atom is 0.439 e. The highest BCUT2D eigenvalue weighted by molar-refractivity contribution is 5.60. The number of H-pyrrole nitrogens is 1. The number of nitrogens with one attached hydrogen (secondary N) is 2. The van der Waals surface area contributed by atoms with E-state index in [-0.39, 0.29) is 0 Å². The van der Waals surface area contributed by atoms with Gasteiger partial charge in [0.05, 0.1) is 23.3 Å². The Kier molecular flexibility index (Phi) is 8.62. The van der Waals surface area contributed by atoms with E-state index in [2.05, 4.69) is 26.0 Å². The van der Waals surface area contributed by atoms with E-state index < -0.39 is 5.76 Å². The molecule has 0 aliphatic rings. The number of hydrogen-bond donors (Lipinski definition) is 4. The van der Waals surface area contributed by atoms with Crippen molar-refractivity contribution in [2.75, 3.05) is 23.8 Å². The molecule has 0 saturated carbocycles. The van der Waals surface area contributed by atoms with Crippen molar-refractivity contribution in [3.8, 4) is 23.5 Å². The molecule has 4 aromatic rings. The predicted octanol–water partition coefficient (Wildman–Crippen LogP) is 3.35. The van der Waals surface area contributed by atoms with Crippen LogP contribution in [-0.2, 0) is 0 Å². The topological polar surface area (TPSA) is 171 Å². The van der Waals surface area contributed by atoms with Crippen LogP contribution in [0.5, 0.6) is 0 Å². The Bertz CT molecular complexity index is 1300. The first-order valence-corrected chi connectivity index (χ1v) is 9.30. The van der Waals surface area contributed by atoms with E-state index in [1.807, 2.05) is 25.2 Å². The van der Waals surface area contributed by atoms with Crippen molar-refractivity contribution in [3.05, 3.63) is 94.5 Å². The molecule has 4 rings (SSSR count). The van der Waals surface area contributed by atoms with Crippen molar-refractivity contribution >= 4 is 17.1 Å². The van der Waals surface area contributed by atoms with Crippen LogP contribution in [0.3, 0.4) is 0 Å². The van der Waals surface area contributed by atoms with Crippen LogP contribution in [-0.4, -0.2) is 17.2 Å². The van der Waals surface area contributed by atoms with Gasteiger partial charge in [-0.2, -0.15) is 10.5 Å². The third kappa shape index (κ3) is 7.43. The molecular formula is C23H21N7O2. The minimum atomic E-state index is -0.572. The molecule has 32 heavy (non-hydrogen) atoms. The Morgan fingerprint density at radius 2 is 1.50 bits per heavy atom. The molecule has 9 nitrogen and oxygen atoms in total. The number of aromatic amines is 1. The highest BCUT2D eigenvalue weighted by atomic mass is 16.5. The second-order valence-electron chi connectivity index (χ2n) is 6.25. The van der Waals surface area contributed by atoms with Crippen molar-refractivity contribution in [1.82, 2.24) is 10.1 Å². The zero-order chi connectivity index (χ0) is 23.3. The molecule has 0 bridgehead atoms. The van der Waals surface area contributed by atoms with Gasteiger partial charge < -0.3 is 16.8 Å². The van der Waals surface area contributed by atoms with E-state index in [1.165, 1.54) is 0 Å². The van der Waals surface area contributed by atoms with Crippen LogP contribution in [0, 0.1) is 22.7 Å². The lowest BCUT2D eigenvalue weighted by Crippen LogP contribution is -1.95. The second kappa shape index (κ2) is 11.9. The molecule has 0 unspecified atom stereocenters. The summed E-state index contributed by atoms with van der Waals surface area (Å²) in [6, 6.07) is 25.3. The van der Waals surface area contributed by atoms with Gasteiger partial charge in [-0.3, -0.25) is 9.51 Å². The second-order valence-corrected chi connectivity index (χ2v) is 6.25. The first-order valence-electron chi connectivity index (χ1n) is 9.30. The number of nitrogen functional groups attached to an aromatic ring is 2. The molecule has 3 aromatic carbocycles. The van der Waals surface area contributed by atoms with Gasteiger partial charge in [-0.25, -0.2) is 4.79 Å². The van der Waals surface area contributed by atoms with Crippen LogP contribution in [0.25, 0.3) is 11.4 Å². The van der Waals surface area contributed by atoms with E-state index in [0.717, 1.165) is 11.3 Å². The minimum absolute atomic E-state index is 0.386. The molecule has 0 amide bonds. The van der Waals surface area contributed by atoms with Crippen molar-refractivity contribution < 1.29 is 4.52 Å². The zero-order valence-electron chi connectivity index (χ0n) is 17.2. The van der Waals surface area contributed by atoms with E-state index in [9.17, 15) is 4.79 Å². The number of anilines is 3. The number of nitrogens with two attached hydrogens (primary N) is 2. The molecule has 9 heteroatoms. The molecule has 1 aromatic heterocycles. The number of rotatable bonds is 2. The maximum atomic E-state index is 10.6. The van der Waals surface area contributed by atoms with Crippen molar-refractivity contribution in [2.24, 2.45) is 0 Å². The molecule has 0 fully saturated rings. The number of nitrogens with zero attached hydrogens (tertiary/aromatic N) is 3. The Labute approximate surface area is 184 Å². The van der Waals surface area contributed by atoms with Crippen LogP contribution in [0.1, 0.15) is 11.1 Å². The van der Waals surface area contributed by atoms with Gasteiger partial charge in [-0.15, -0.1) is 0 Å². The third-order valence-corrected chi connectivity index (χ3v) is 3.90. The molecule has 0 aliphatic carbocycles. The van der Waals surface area contributed by atoms with E-state index in [0.29, 0.717) is 28.3 Å². The standard InChI is InChI=1S/C8H7N3O2.C8H8N2.C7H6N2/c9-6-3-1-2-5(4-6)7-10-8(12)13-11-7;1-10-8-4-2-3-7(5-8)6-9;8-5-6-2-1-3-7(9)4-6/h1-4H,9H2,(H,10,11,12);2-5,10H,1H3;1-4H,9H2. The average molecular weight is 427 g/mol. The van der Waals surface area contributed by atoms with Crippen molar-refractivity contribution in [1.29, 1.82) is 10.5 Å². The normalized spacial score (nSPS) is 9.09. The fourth-order valence-corrected chi connectivity index (χ4v) is 2.39. The fraction of sp³-hybridized carbons (Fsp3) is 0.0435. The van der Waals surface area contributed by atoms with Gasteiger partial charge in [0.2, 0.25) is 0 Å². The van der Waals surface area contributed by atoms with Crippen molar-refractivity contribution in [2.45, 2.75) is 0 Å². The van der Waals surface area contributed by atoms with Gasteiger partial charge in [0, 0.05) is 29.7 Å². The maximum absolute atomic E-state index is 10.6. The molecule has 0 atom stereocenters. The van der Waals surface area contributed by atoms with Crippen LogP contribution in [0.2, 0.25) is 0 Å². The molecule has 0 radical (unpaired) electrons. The predicted molar refractivity (Wildman–Crippen MR) is 123 cm³/mol. The summed E-state index contributed by atoms with van der Waals surface area (Å²) >= 11 is 0. The van der Waals surface area contributed by atoms with Gasteiger partial charge in [0.15, 0.2) is 5.82 Å². The zero-order valence-corrected chi connectivity index (χ0v) is 17.2. The molecule has 0 saturated heterocycles. The quantitative estimate of drug-likeness (QED) is 0.353. The smallest absolute Gasteiger partial charge is 0.399 e. The van der Waals surface area contributed by atoms with Crippen molar-refractivity contribution in [3.63, 3.8) is 0 Å². The monoisotopic (exact) mass is 427 g/mol. The molecule has 1 heterocycles. The highest BCUT2D eigenvalue weighted by Crippen LogP contribution is 2.15. The van der Waals surface area contributed by atoms with Gasteiger partial charge in [0.25, 0.3) is 0 Å². The Morgan fingerprint density at radius 1 is 0.906 bits per heavy atom. The lowest BCUT2D eigenvalue weighted by molar-refractivity contribution is 0.388. The Balaban J connectivity index is 0.000000174. The Hall–Kier alpha value is -5.02. The van der Waals surface area contributed by atoms with Crippen LogP contribution in [0.15, 0.2) is 82.1 Å². The number of aromatic nitrogens is 2. The van der Waals surface area contributed by atoms with Gasteiger partial charge in [-0.05, 0) is 48.5 Å². The largest absolute Gasteiger partial charge is 0.439 e. The molecule has 160 valence electrons. The summed E-state index contributed by atoms with van der Waals surface area (Å²) in [7, 11) is 1.83. The van der Waals surface area contributed by atoms with Gasteiger partial charge in [0.1, 0.15) is 0 Å². The highest BCUT2D eigenvalue weighted by Gasteiger charge is 2.03. The average Bonchev–Trinajstić information content (AvgIpc) is 3.26. The lowest BCUT2D eigenvalue weighted by Gasteiger charge is -1.96. The molecule has 6 N–H and O–H groups in total.